The predicted molar refractivity (Wildman–Crippen MR) is 55.6 cm³/mol. The Kier molecular flexibility index (Phi) is 2.59. The fourth-order valence-corrected chi connectivity index (χ4v) is 2.02. The smallest absolute Gasteiger partial charge is 0.0361 e. The lowest BCUT2D eigenvalue weighted by Crippen LogP contribution is -2.08. The zero-order chi connectivity index (χ0) is 9.35. The van der Waals surface area contributed by atoms with Crippen molar-refractivity contribution in [2.75, 3.05) is 0 Å². The molecule has 1 aromatic heterocycles. The van der Waals surface area contributed by atoms with E-state index in [9.17, 15) is 0 Å². The molecule has 68 valence electrons. The van der Waals surface area contributed by atoms with Crippen LogP contribution in [0.15, 0.2) is 12.1 Å². The molecule has 0 fully saturated rings. The van der Waals surface area contributed by atoms with Crippen LogP contribution in [-0.4, -0.2) is 0 Å². The van der Waals surface area contributed by atoms with Gasteiger partial charge in [0, 0.05) is 15.8 Å². The summed E-state index contributed by atoms with van der Waals surface area (Å²) in [5.74, 6) is 0. The van der Waals surface area contributed by atoms with E-state index in [1.165, 1.54) is 9.75 Å². The van der Waals surface area contributed by atoms with Gasteiger partial charge < -0.3 is 5.73 Å². The van der Waals surface area contributed by atoms with Crippen molar-refractivity contribution >= 4 is 11.3 Å². The Morgan fingerprint density at radius 3 is 2.17 bits per heavy atom. The number of thiophene rings is 1. The van der Waals surface area contributed by atoms with E-state index in [1.807, 2.05) is 18.3 Å². The van der Waals surface area contributed by atoms with Gasteiger partial charge in [-0.05, 0) is 24.5 Å². The Labute approximate surface area is 78.6 Å². The molecular formula is C10H17NS. The Morgan fingerprint density at radius 1 is 1.33 bits per heavy atom. The Balaban J connectivity index is 2.92. The first-order valence-corrected chi connectivity index (χ1v) is 5.08. The van der Waals surface area contributed by atoms with Gasteiger partial charge in [-0.2, -0.15) is 0 Å². The Hall–Kier alpha value is -0.340. The molecule has 0 aliphatic carbocycles. The van der Waals surface area contributed by atoms with Crippen molar-refractivity contribution < 1.29 is 0 Å². The maximum Gasteiger partial charge on any atom is 0.0361 e. The summed E-state index contributed by atoms with van der Waals surface area (Å²) >= 11 is 1.82. The second kappa shape index (κ2) is 3.19. The largest absolute Gasteiger partial charge is 0.324 e. The third kappa shape index (κ3) is 2.08. The van der Waals surface area contributed by atoms with Crippen molar-refractivity contribution in [2.24, 2.45) is 5.73 Å². The molecule has 12 heavy (non-hydrogen) atoms. The van der Waals surface area contributed by atoms with Gasteiger partial charge in [0.25, 0.3) is 0 Å². The highest BCUT2D eigenvalue weighted by Gasteiger charge is 2.16. The van der Waals surface area contributed by atoms with Crippen LogP contribution in [0.5, 0.6) is 0 Å². The molecule has 0 radical (unpaired) electrons. The highest BCUT2D eigenvalue weighted by Crippen LogP contribution is 2.31. The quantitative estimate of drug-likeness (QED) is 0.711. The normalized spacial score (nSPS) is 14.8. The topological polar surface area (TPSA) is 26.0 Å². The van der Waals surface area contributed by atoms with Crippen molar-refractivity contribution in [1.29, 1.82) is 0 Å². The van der Waals surface area contributed by atoms with Crippen molar-refractivity contribution in [2.45, 2.75) is 39.2 Å². The summed E-state index contributed by atoms with van der Waals surface area (Å²) in [4.78, 5) is 2.69. The minimum atomic E-state index is 0.172. The van der Waals surface area contributed by atoms with E-state index in [0.29, 0.717) is 0 Å². The molecular weight excluding hydrogens is 166 g/mol. The first-order valence-electron chi connectivity index (χ1n) is 4.27. The minimum Gasteiger partial charge on any atom is -0.324 e. The van der Waals surface area contributed by atoms with Gasteiger partial charge in [0.05, 0.1) is 0 Å². The van der Waals surface area contributed by atoms with Crippen molar-refractivity contribution in [3.05, 3.63) is 21.9 Å². The molecule has 1 nitrogen and oxygen atoms in total. The molecule has 0 saturated carbocycles. The molecule has 0 bridgehead atoms. The lowest BCUT2D eigenvalue weighted by Gasteiger charge is -2.15. The molecule has 1 atom stereocenters. The number of rotatable bonds is 1. The lowest BCUT2D eigenvalue weighted by atomic mass is 9.95. The van der Waals surface area contributed by atoms with Crippen LogP contribution in [0.25, 0.3) is 0 Å². The van der Waals surface area contributed by atoms with Gasteiger partial charge in [-0.15, -0.1) is 11.3 Å². The van der Waals surface area contributed by atoms with Crippen LogP contribution in [0, 0.1) is 0 Å². The maximum absolute atomic E-state index is 5.78. The summed E-state index contributed by atoms with van der Waals surface area (Å²) in [5, 5.41) is 0. The highest BCUT2D eigenvalue weighted by molar-refractivity contribution is 7.12. The average molecular weight is 183 g/mol. The first kappa shape index (κ1) is 9.75. The third-order valence-electron chi connectivity index (χ3n) is 1.81. The molecule has 0 aliphatic heterocycles. The molecule has 2 heteroatoms. The molecule has 0 unspecified atom stereocenters. The van der Waals surface area contributed by atoms with Gasteiger partial charge in [0.2, 0.25) is 0 Å². The average Bonchev–Trinajstić information content (AvgIpc) is 2.30. The molecule has 0 saturated heterocycles. The van der Waals surface area contributed by atoms with Crippen molar-refractivity contribution in [1.82, 2.24) is 0 Å². The van der Waals surface area contributed by atoms with Crippen molar-refractivity contribution in [3.8, 4) is 0 Å². The molecule has 0 amide bonds. The fourth-order valence-electron chi connectivity index (χ4n) is 1.00. The van der Waals surface area contributed by atoms with Gasteiger partial charge in [-0.3, -0.25) is 0 Å². The zero-order valence-electron chi connectivity index (χ0n) is 8.22. The molecule has 2 N–H and O–H groups in total. The van der Waals surface area contributed by atoms with E-state index in [1.54, 1.807) is 0 Å². The van der Waals surface area contributed by atoms with E-state index < -0.39 is 0 Å². The van der Waals surface area contributed by atoms with E-state index in [2.05, 4.69) is 32.9 Å². The van der Waals surface area contributed by atoms with E-state index in [-0.39, 0.29) is 11.5 Å². The molecule has 1 heterocycles. The highest BCUT2D eigenvalue weighted by atomic mass is 32.1. The number of nitrogens with two attached hydrogens (primary N) is 1. The van der Waals surface area contributed by atoms with Crippen LogP contribution >= 0.6 is 11.3 Å². The summed E-state index contributed by atoms with van der Waals surface area (Å²) in [6.07, 6.45) is 0. The fraction of sp³-hybridized carbons (Fsp3) is 0.600. The van der Waals surface area contributed by atoms with Gasteiger partial charge in [0.15, 0.2) is 0 Å². The zero-order valence-corrected chi connectivity index (χ0v) is 9.03. The van der Waals surface area contributed by atoms with E-state index >= 15 is 0 Å². The summed E-state index contributed by atoms with van der Waals surface area (Å²) < 4.78 is 0. The minimum absolute atomic E-state index is 0.172. The lowest BCUT2D eigenvalue weighted by molar-refractivity contribution is 0.604. The van der Waals surface area contributed by atoms with E-state index in [4.69, 9.17) is 5.73 Å². The summed E-state index contributed by atoms with van der Waals surface area (Å²) in [6, 6.07) is 4.49. The Bertz CT molecular complexity index is 255. The van der Waals surface area contributed by atoms with Gasteiger partial charge in [-0.1, -0.05) is 20.8 Å². The summed E-state index contributed by atoms with van der Waals surface area (Å²) in [5.41, 5.74) is 6.04. The second-order valence-electron chi connectivity index (χ2n) is 4.24. The summed E-state index contributed by atoms with van der Waals surface area (Å²) in [6.45, 7) is 8.70. The predicted octanol–water partition coefficient (Wildman–Crippen LogP) is 3.07. The molecule has 0 aromatic carbocycles. The maximum atomic E-state index is 5.78. The van der Waals surface area contributed by atoms with Crippen LogP contribution in [0.2, 0.25) is 0 Å². The van der Waals surface area contributed by atoms with Gasteiger partial charge in [0.1, 0.15) is 0 Å². The standard InChI is InChI=1S/C10H17NS/c1-7(11)8-5-6-9(12-8)10(2,3)4/h5-7H,11H2,1-4H3/t7-/m0/s1. The van der Waals surface area contributed by atoms with Crippen LogP contribution < -0.4 is 5.73 Å². The number of hydrogen-bond acceptors (Lipinski definition) is 2. The molecule has 0 spiro atoms. The molecule has 1 aromatic rings. The van der Waals surface area contributed by atoms with Crippen LogP contribution in [0.3, 0.4) is 0 Å². The van der Waals surface area contributed by atoms with Gasteiger partial charge >= 0.3 is 0 Å². The number of hydrogen-bond donors (Lipinski definition) is 1. The monoisotopic (exact) mass is 183 g/mol. The molecule has 1 rings (SSSR count). The second-order valence-corrected chi connectivity index (χ2v) is 5.36. The summed E-state index contributed by atoms with van der Waals surface area (Å²) in [7, 11) is 0. The Morgan fingerprint density at radius 2 is 1.92 bits per heavy atom. The first-order chi connectivity index (χ1) is 5.41. The van der Waals surface area contributed by atoms with Crippen molar-refractivity contribution in [3.63, 3.8) is 0 Å². The third-order valence-corrected chi connectivity index (χ3v) is 3.53. The van der Waals surface area contributed by atoms with Crippen LogP contribution in [-0.2, 0) is 5.41 Å². The SMILES string of the molecule is C[C@H](N)c1ccc(C(C)(C)C)s1. The van der Waals surface area contributed by atoms with Gasteiger partial charge in [-0.25, -0.2) is 0 Å². The molecule has 0 aliphatic rings. The van der Waals surface area contributed by atoms with Crippen LogP contribution in [0.1, 0.15) is 43.5 Å². The van der Waals surface area contributed by atoms with E-state index in [0.717, 1.165) is 0 Å². The van der Waals surface area contributed by atoms with Crippen LogP contribution in [0.4, 0.5) is 0 Å².